The molecule has 0 aromatic heterocycles. The van der Waals surface area contributed by atoms with Gasteiger partial charge in [-0.15, -0.1) is 0 Å². The van der Waals surface area contributed by atoms with E-state index in [1.54, 1.807) is 6.08 Å². The number of aliphatic hydroxyl groups excluding tert-OH is 8. The molecule has 0 radical (unpaired) electrons. The van der Waals surface area contributed by atoms with Crippen LogP contribution in [0.3, 0.4) is 0 Å². The highest BCUT2D eigenvalue weighted by atomic mass is 16.7. The molecule has 1 amide bonds. The minimum Gasteiger partial charge on any atom is -0.394 e. The SMILES string of the molecule is CC/C=C\C/C=C\C/C=C\C/C=C\C/C=C\C/C=C\CCCCCCCCCCCCCCCCCCC(=O)NC(COC1OC(CO)C(OC2OC(CO)C(O)C(O)C2O)C(O)C1O)C(O)/C=C/CCCCCCCCCCCCCCCCCCCCCCCCCCCCC. The van der Waals surface area contributed by atoms with Crippen molar-refractivity contribution in [2.45, 2.75) is 421 Å². The summed E-state index contributed by atoms with van der Waals surface area (Å²) in [6.45, 7) is 2.73. The molecule has 14 heteroatoms. The fourth-order valence-corrected chi connectivity index (χ4v) is 13.2. The van der Waals surface area contributed by atoms with Crippen molar-refractivity contribution >= 4 is 5.91 Å². The van der Waals surface area contributed by atoms with Gasteiger partial charge in [0.1, 0.15) is 48.8 Å². The van der Waals surface area contributed by atoms with Crippen LogP contribution in [-0.4, -0.2) is 140 Å². The van der Waals surface area contributed by atoms with Crippen molar-refractivity contribution in [1.82, 2.24) is 5.32 Å². The number of unbranched alkanes of at least 4 members (excludes halogenated alkanes) is 43. The molecule has 0 saturated carbocycles. The maximum atomic E-state index is 13.4. The predicted octanol–water partition coefficient (Wildman–Crippen LogP) is 18.7. The van der Waals surface area contributed by atoms with Gasteiger partial charge in [0.15, 0.2) is 12.6 Å². The molecular formula is C84H151NO13. The number of nitrogens with one attached hydrogen (secondary N) is 1. The number of carbonyl (C=O) groups excluding carboxylic acids is 1. The second-order valence-electron chi connectivity index (χ2n) is 28.5. The van der Waals surface area contributed by atoms with Crippen LogP contribution in [0.25, 0.3) is 0 Å². The summed E-state index contributed by atoms with van der Waals surface area (Å²) in [6, 6.07) is -0.920. The monoisotopic (exact) mass is 1380 g/mol. The molecule has 14 nitrogen and oxygen atoms in total. The van der Waals surface area contributed by atoms with Crippen molar-refractivity contribution in [1.29, 1.82) is 0 Å². The van der Waals surface area contributed by atoms with Gasteiger partial charge in [-0.2, -0.15) is 0 Å². The van der Waals surface area contributed by atoms with E-state index in [4.69, 9.17) is 18.9 Å². The number of hydrogen-bond acceptors (Lipinski definition) is 13. The van der Waals surface area contributed by atoms with Crippen LogP contribution in [0.5, 0.6) is 0 Å². The Morgan fingerprint density at radius 3 is 1.08 bits per heavy atom. The van der Waals surface area contributed by atoms with E-state index in [9.17, 15) is 45.6 Å². The summed E-state index contributed by atoms with van der Waals surface area (Å²) >= 11 is 0. The van der Waals surface area contributed by atoms with Crippen molar-refractivity contribution in [3.63, 3.8) is 0 Å². The zero-order valence-electron chi connectivity index (χ0n) is 62.5. The second kappa shape index (κ2) is 67.4. The molecule has 2 aliphatic heterocycles. The summed E-state index contributed by atoms with van der Waals surface area (Å²) < 4.78 is 22.9. The van der Waals surface area contributed by atoms with Crippen LogP contribution in [0.2, 0.25) is 0 Å². The molecule has 12 atom stereocenters. The lowest BCUT2D eigenvalue weighted by atomic mass is 9.97. The van der Waals surface area contributed by atoms with Crippen molar-refractivity contribution in [3.8, 4) is 0 Å². The molecule has 0 spiro atoms. The molecule has 0 aliphatic carbocycles. The predicted molar refractivity (Wildman–Crippen MR) is 406 cm³/mol. The van der Waals surface area contributed by atoms with E-state index < -0.39 is 86.8 Å². The van der Waals surface area contributed by atoms with E-state index in [1.807, 2.05) is 6.08 Å². The van der Waals surface area contributed by atoms with Gasteiger partial charge in [0.05, 0.1) is 32.0 Å². The van der Waals surface area contributed by atoms with Gasteiger partial charge in [0, 0.05) is 6.42 Å². The number of aliphatic hydroxyl groups is 8. The molecule has 2 heterocycles. The number of hydrogen-bond donors (Lipinski definition) is 9. The molecule has 0 aromatic carbocycles. The maximum absolute atomic E-state index is 13.4. The molecule has 2 saturated heterocycles. The minimum atomic E-state index is -1.79. The Morgan fingerprint density at radius 2 is 0.704 bits per heavy atom. The molecule has 9 N–H and O–H groups in total. The van der Waals surface area contributed by atoms with Gasteiger partial charge in [-0.1, -0.05) is 356 Å². The van der Waals surface area contributed by atoms with Gasteiger partial charge in [0.2, 0.25) is 5.91 Å². The second-order valence-corrected chi connectivity index (χ2v) is 28.5. The normalized spacial score (nSPS) is 22.5. The Labute approximate surface area is 599 Å². The minimum absolute atomic E-state index is 0.236. The molecule has 2 aliphatic rings. The molecule has 570 valence electrons. The van der Waals surface area contributed by atoms with Gasteiger partial charge in [-0.05, 0) is 70.6 Å². The summed E-state index contributed by atoms with van der Waals surface area (Å²) in [5, 5.41) is 87.7. The molecule has 2 fully saturated rings. The first-order valence-electron chi connectivity index (χ1n) is 40.8. The van der Waals surface area contributed by atoms with Crippen LogP contribution < -0.4 is 5.32 Å². The van der Waals surface area contributed by atoms with E-state index in [1.165, 1.54) is 244 Å². The average Bonchev–Trinajstić information content (AvgIpc) is 0.797. The van der Waals surface area contributed by atoms with Crippen molar-refractivity contribution in [2.24, 2.45) is 0 Å². The fraction of sp³-hybridized carbons (Fsp3) is 0.821. The van der Waals surface area contributed by atoms with E-state index >= 15 is 0 Å². The van der Waals surface area contributed by atoms with Crippen molar-refractivity contribution in [2.75, 3.05) is 19.8 Å². The molecule has 0 bridgehead atoms. The van der Waals surface area contributed by atoms with Gasteiger partial charge in [-0.25, -0.2) is 0 Å². The smallest absolute Gasteiger partial charge is 0.220 e. The largest absolute Gasteiger partial charge is 0.394 e. The van der Waals surface area contributed by atoms with Crippen molar-refractivity contribution in [3.05, 3.63) is 85.1 Å². The van der Waals surface area contributed by atoms with Crippen LogP contribution in [0.15, 0.2) is 85.1 Å². The number of ether oxygens (including phenoxy) is 4. The first-order chi connectivity index (χ1) is 48.1. The molecule has 98 heavy (non-hydrogen) atoms. The summed E-state index contributed by atoms with van der Waals surface area (Å²) in [5.41, 5.74) is 0. The molecule has 0 aromatic rings. The summed E-state index contributed by atoms with van der Waals surface area (Å²) in [4.78, 5) is 13.4. The lowest BCUT2D eigenvalue weighted by Gasteiger charge is -2.46. The van der Waals surface area contributed by atoms with Gasteiger partial charge >= 0.3 is 0 Å². The van der Waals surface area contributed by atoms with Gasteiger partial charge < -0.3 is 65.1 Å². The molecule has 2 rings (SSSR count). The lowest BCUT2D eigenvalue weighted by molar-refractivity contribution is -0.359. The van der Waals surface area contributed by atoms with E-state index in [2.05, 4.69) is 92.1 Å². The Morgan fingerprint density at radius 1 is 0.378 bits per heavy atom. The van der Waals surface area contributed by atoms with Crippen LogP contribution in [0, 0.1) is 0 Å². The molecular weight excluding hydrogens is 1230 g/mol. The lowest BCUT2D eigenvalue weighted by Crippen LogP contribution is -2.65. The van der Waals surface area contributed by atoms with E-state index in [0.29, 0.717) is 6.42 Å². The average molecular weight is 1380 g/mol. The first kappa shape index (κ1) is 91.3. The van der Waals surface area contributed by atoms with Crippen LogP contribution in [-0.2, 0) is 23.7 Å². The fourth-order valence-electron chi connectivity index (χ4n) is 13.2. The Kier molecular flexibility index (Phi) is 62.7. The first-order valence-corrected chi connectivity index (χ1v) is 40.8. The zero-order valence-corrected chi connectivity index (χ0v) is 62.5. The highest BCUT2D eigenvalue weighted by Gasteiger charge is 2.51. The highest BCUT2D eigenvalue weighted by Crippen LogP contribution is 2.30. The summed E-state index contributed by atoms with van der Waals surface area (Å²) in [5.74, 6) is -0.236. The van der Waals surface area contributed by atoms with Gasteiger partial charge in [-0.3, -0.25) is 4.79 Å². The highest BCUT2D eigenvalue weighted by molar-refractivity contribution is 5.76. The quantitative estimate of drug-likeness (QED) is 0.0204. The van der Waals surface area contributed by atoms with Crippen LogP contribution >= 0.6 is 0 Å². The third kappa shape index (κ3) is 49.7. The molecule has 12 unspecified atom stereocenters. The summed E-state index contributed by atoms with van der Waals surface area (Å²) in [7, 11) is 0. The number of amides is 1. The van der Waals surface area contributed by atoms with Gasteiger partial charge in [0.25, 0.3) is 0 Å². The van der Waals surface area contributed by atoms with E-state index in [-0.39, 0.29) is 18.9 Å². The Bertz CT molecular complexity index is 1970. The number of rotatable bonds is 68. The van der Waals surface area contributed by atoms with E-state index in [0.717, 1.165) is 77.0 Å². The number of carbonyl (C=O) groups is 1. The third-order valence-electron chi connectivity index (χ3n) is 19.6. The Balaban J connectivity index is 1.61. The zero-order chi connectivity index (χ0) is 70.8. The number of allylic oxidation sites excluding steroid dienone is 13. The summed E-state index contributed by atoms with van der Waals surface area (Å²) in [6.07, 6.45) is 78.0. The van der Waals surface area contributed by atoms with Crippen molar-refractivity contribution < 1.29 is 64.6 Å². The van der Waals surface area contributed by atoms with Crippen LogP contribution in [0.4, 0.5) is 0 Å². The topological polar surface area (TPSA) is 228 Å². The standard InChI is InChI=1S/C84H151NO13/c1-3-5-7-9-11-13-15-17-19-21-23-25-27-29-31-33-34-35-36-37-38-40-42-44-46-48-50-52-54-56-58-60-62-64-66-68-76(89)85-72(71-95-83-81(94)79(92)82(75(70-87)97-83)98-84-80(93)78(91)77(90)74(69-86)96-84)73(88)67-65-63-61-59-57-55-53-51-49-47-45-43-41-39-32-30-28-26-24-22-20-18-16-14-12-10-8-6-4-2/h5,7,11,13,17,19,23,25,29,31,34-35,65,67,72-75,77-84,86-88,90-94H,3-4,6,8-10,12,14-16,18,20-22,24,26-28,30,32-33,36-64,66,68-71H2,1-2H3,(H,85,89)/b7-5-,13-11-,19-17-,25-23-,31-29-,35-34-,67-65+. The maximum Gasteiger partial charge on any atom is 0.220 e. The Hall–Kier alpha value is -2.83. The third-order valence-corrected chi connectivity index (χ3v) is 19.6. The van der Waals surface area contributed by atoms with Crippen LogP contribution in [0.1, 0.15) is 348 Å².